The molecule has 0 aliphatic heterocycles. The first-order chi connectivity index (χ1) is 7.93. The van der Waals surface area contributed by atoms with Gasteiger partial charge in [-0.2, -0.15) is 0 Å². The number of rotatable bonds is 9. The highest BCUT2D eigenvalue weighted by Crippen LogP contribution is 1.85. The van der Waals surface area contributed by atoms with E-state index in [1.807, 2.05) is 34.9 Å². The van der Waals surface area contributed by atoms with Crippen molar-refractivity contribution in [1.29, 1.82) is 0 Å². The quantitative estimate of drug-likeness (QED) is 0.564. The highest BCUT2D eigenvalue weighted by Gasteiger charge is 2.11. The minimum absolute atomic E-state index is 0.0355. The number of nitrogens with zero attached hydrogens (tertiary/aromatic N) is 1. The molecule has 0 aromatic heterocycles. The van der Waals surface area contributed by atoms with Crippen molar-refractivity contribution in [3.63, 3.8) is 0 Å². The van der Waals surface area contributed by atoms with Crippen molar-refractivity contribution >= 4 is 5.91 Å². The van der Waals surface area contributed by atoms with Crippen LogP contribution < -0.4 is 10.6 Å². The largest absolute Gasteiger partial charge is 0.379 e. The van der Waals surface area contributed by atoms with E-state index >= 15 is 0 Å². The van der Waals surface area contributed by atoms with Crippen LogP contribution in [0.2, 0.25) is 0 Å². The van der Waals surface area contributed by atoms with Gasteiger partial charge in [-0.05, 0) is 34.9 Å². The van der Waals surface area contributed by atoms with E-state index in [2.05, 4.69) is 15.5 Å². The topological polar surface area (TPSA) is 53.6 Å². The Balaban J connectivity index is 3.44. The van der Waals surface area contributed by atoms with Crippen LogP contribution in [-0.4, -0.2) is 63.3 Å². The van der Waals surface area contributed by atoms with Crippen LogP contribution in [-0.2, 0) is 9.53 Å². The number of ether oxygens (including phenoxy) is 1. The Morgan fingerprint density at radius 3 is 2.41 bits per heavy atom. The molecule has 0 heterocycles. The van der Waals surface area contributed by atoms with Gasteiger partial charge in [-0.25, -0.2) is 0 Å². The first-order valence-electron chi connectivity index (χ1n) is 6.19. The van der Waals surface area contributed by atoms with E-state index in [1.54, 1.807) is 0 Å². The zero-order chi connectivity index (χ0) is 13.3. The summed E-state index contributed by atoms with van der Waals surface area (Å²) in [6.45, 7) is 8.74. The smallest absolute Gasteiger partial charge is 0.237 e. The molecule has 2 N–H and O–H groups in total. The minimum atomic E-state index is -0.171. The molecule has 0 bridgehead atoms. The molecule has 0 fully saturated rings. The number of hydrogen-bond donors (Lipinski definition) is 2. The summed E-state index contributed by atoms with van der Waals surface area (Å²) in [6, 6.07) is 0.0120. The molecule has 0 spiro atoms. The van der Waals surface area contributed by atoms with Crippen LogP contribution in [0.4, 0.5) is 0 Å². The molecule has 102 valence electrons. The lowest BCUT2D eigenvalue weighted by Crippen LogP contribution is -2.45. The summed E-state index contributed by atoms with van der Waals surface area (Å²) in [5.74, 6) is 0.0355. The third-order valence-corrected chi connectivity index (χ3v) is 2.20. The van der Waals surface area contributed by atoms with Gasteiger partial charge >= 0.3 is 0 Å². The van der Waals surface area contributed by atoms with Gasteiger partial charge in [0, 0.05) is 19.1 Å². The number of amides is 1. The summed E-state index contributed by atoms with van der Waals surface area (Å²) in [7, 11) is 4.03. The molecule has 0 saturated heterocycles. The maximum absolute atomic E-state index is 11.5. The number of carbonyl (C=O) groups excluding carboxylic acids is 1. The molecule has 5 heteroatoms. The fraction of sp³-hybridized carbons (Fsp3) is 0.917. The summed E-state index contributed by atoms with van der Waals surface area (Å²) in [6.07, 6.45) is 0. The monoisotopic (exact) mass is 245 g/mol. The Bertz CT molecular complexity index is 208. The first-order valence-corrected chi connectivity index (χ1v) is 6.19. The molecule has 5 nitrogen and oxygen atoms in total. The van der Waals surface area contributed by atoms with Gasteiger partial charge in [-0.3, -0.25) is 4.79 Å². The molecule has 0 aliphatic carbocycles. The Labute approximate surface area is 105 Å². The van der Waals surface area contributed by atoms with Gasteiger partial charge in [0.05, 0.1) is 19.3 Å². The SMILES string of the molecule is CC(C)NC(=O)C(C)NCCOCCN(C)C. The van der Waals surface area contributed by atoms with Crippen LogP contribution in [0.15, 0.2) is 0 Å². The number of likely N-dealkylation sites (N-methyl/N-ethyl adjacent to an activating group) is 1. The van der Waals surface area contributed by atoms with Crippen molar-refractivity contribution < 1.29 is 9.53 Å². The average molecular weight is 245 g/mol. The second kappa shape index (κ2) is 9.39. The average Bonchev–Trinajstić information content (AvgIpc) is 2.21. The lowest BCUT2D eigenvalue weighted by atomic mass is 10.3. The van der Waals surface area contributed by atoms with Crippen LogP contribution in [0, 0.1) is 0 Å². The van der Waals surface area contributed by atoms with E-state index in [9.17, 15) is 4.79 Å². The molecule has 0 radical (unpaired) electrons. The van der Waals surface area contributed by atoms with E-state index in [0.29, 0.717) is 13.2 Å². The van der Waals surface area contributed by atoms with E-state index < -0.39 is 0 Å². The Morgan fingerprint density at radius 1 is 1.24 bits per heavy atom. The van der Waals surface area contributed by atoms with Gasteiger partial charge in [-0.15, -0.1) is 0 Å². The van der Waals surface area contributed by atoms with Gasteiger partial charge in [0.1, 0.15) is 0 Å². The zero-order valence-electron chi connectivity index (χ0n) is 11.7. The minimum Gasteiger partial charge on any atom is -0.379 e. The second-order valence-corrected chi connectivity index (χ2v) is 4.75. The molecule has 1 atom stereocenters. The van der Waals surface area contributed by atoms with Gasteiger partial charge in [-0.1, -0.05) is 0 Å². The van der Waals surface area contributed by atoms with Crippen molar-refractivity contribution in [3.05, 3.63) is 0 Å². The Morgan fingerprint density at radius 2 is 1.88 bits per heavy atom. The third kappa shape index (κ3) is 10.2. The predicted molar refractivity (Wildman–Crippen MR) is 70.1 cm³/mol. The normalized spacial score (nSPS) is 13.1. The molecule has 0 rings (SSSR count). The molecular weight excluding hydrogens is 218 g/mol. The molecule has 17 heavy (non-hydrogen) atoms. The summed E-state index contributed by atoms with van der Waals surface area (Å²) < 4.78 is 5.42. The summed E-state index contributed by atoms with van der Waals surface area (Å²) >= 11 is 0. The lowest BCUT2D eigenvalue weighted by molar-refractivity contribution is -0.123. The van der Waals surface area contributed by atoms with Gasteiger partial charge in [0.25, 0.3) is 0 Å². The number of hydrogen-bond acceptors (Lipinski definition) is 4. The molecule has 0 saturated carbocycles. The Kier molecular flexibility index (Phi) is 9.03. The van der Waals surface area contributed by atoms with E-state index in [4.69, 9.17) is 4.74 Å². The number of carbonyl (C=O) groups is 1. The predicted octanol–water partition coefficient (Wildman–Crippen LogP) is 0.0673. The Hall–Kier alpha value is -0.650. The molecule has 0 aromatic rings. The van der Waals surface area contributed by atoms with Crippen molar-refractivity contribution in [2.24, 2.45) is 0 Å². The maximum atomic E-state index is 11.5. The van der Waals surface area contributed by atoms with Crippen molar-refractivity contribution in [2.45, 2.75) is 32.9 Å². The van der Waals surface area contributed by atoms with Gasteiger partial charge < -0.3 is 20.3 Å². The van der Waals surface area contributed by atoms with Crippen molar-refractivity contribution in [1.82, 2.24) is 15.5 Å². The highest BCUT2D eigenvalue weighted by molar-refractivity contribution is 5.81. The van der Waals surface area contributed by atoms with Crippen LogP contribution in [0.3, 0.4) is 0 Å². The molecule has 1 unspecified atom stereocenters. The highest BCUT2D eigenvalue weighted by atomic mass is 16.5. The van der Waals surface area contributed by atoms with Crippen molar-refractivity contribution in [2.75, 3.05) is 40.4 Å². The van der Waals surface area contributed by atoms with Gasteiger partial charge in [0.2, 0.25) is 5.91 Å². The van der Waals surface area contributed by atoms with E-state index in [0.717, 1.165) is 13.2 Å². The van der Waals surface area contributed by atoms with E-state index in [1.165, 1.54) is 0 Å². The van der Waals surface area contributed by atoms with Crippen LogP contribution in [0.1, 0.15) is 20.8 Å². The number of nitrogens with one attached hydrogen (secondary N) is 2. The third-order valence-electron chi connectivity index (χ3n) is 2.20. The maximum Gasteiger partial charge on any atom is 0.237 e. The van der Waals surface area contributed by atoms with Crippen LogP contribution in [0.5, 0.6) is 0 Å². The van der Waals surface area contributed by atoms with Crippen molar-refractivity contribution in [3.8, 4) is 0 Å². The second-order valence-electron chi connectivity index (χ2n) is 4.75. The fourth-order valence-electron chi connectivity index (χ4n) is 1.20. The lowest BCUT2D eigenvalue weighted by Gasteiger charge is -2.16. The van der Waals surface area contributed by atoms with Crippen LogP contribution >= 0.6 is 0 Å². The van der Waals surface area contributed by atoms with Crippen LogP contribution in [0.25, 0.3) is 0 Å². The molecule has 1 amide bonds. The standard InChI is InChI=1S/C12H27N3O2/c1-10(2)14-12(16)11(3)13-6-8-17-9-7-15(4)5/h10-11,13H,6-9H2,1-5H3,(H,14,16). The van der Waals surface area contributed by atoms with E-state index in [-0.39, 0.29) is 18.0 Å². The summed E-state index contributed by atoms with van der Waals surface area (Å²) in [5, 5.41) is 5.99. The molecular formula is C12H27N3O2. The summed E-state index contributed by atoms with van der Waals surface area (Å²) in [5.41, 5.74) is 0. The first kappa shape index (κ1) is 16.4. The zero-order valence-corrected chi connectivity index (χ0v) is 11.7. The molecule has 0 aliphatic rings. The molecule has 0 aromatic carbocycles. The van der Waals surface area contributed by atoms with Gasteiger partial charge in [0.15, 0.2) is 0 Å². The fourth-order valence-corrected chi connectivity index (χ4v) is 1.20. The summed E-state index contributed by atoms with van der Waals surface area (Å²) in [4.78, 5) is 13.6.